The van der Waals surface area contributed by atoms with Gasteiger partial charge in [-0.15, -0.1) is 0 Å². The van der Waals surface area contributed by atoms with Crippen LogP contribution >= 0.6 is 0 Å². The summed E-state index contributed by atoms with van der Waals surface area (Å²) in [6.07, 6.45) is 9.83. The van der Waals surface area contributed by atoms with Crippen molar-refractivity contribution in [3.8, 4) is 0 Å². The smallest absolute Gasteiger partial charge is 0.223 e. The minimum atomic E-state index is -0.535. The molecule has 4 aliphatic rings. The van der Waals surface area contributed by atoms with Crippen LogP contribution in [0.3, 0.4) is 0 Å². The van der Waals surface area contributed by atoms with Gasteiger partial charge < -0.3 is 10.2 Å². The Morgan fingerprint density at radius 3 is 2.58 bits per heavy atom. The van der Waals surface area contributed by atoms with Gasteiger partial charge in [-0.3, -0.25) is 4.79 Å². The van der Waals surface area contributed by atoms with Crippen LogP contribution < -0.4 is 0 Å². The van der Waals surface area contributed by atoms with E-state index in [1.54, 1.807) is 6.08 Å². The van der Waals surface area contributed by atoms with E-state index in [0.29, 0.717) is 17.3 Å². The van der Waals surface area contributed by atoms with Crippen molar-refractivity contribution in [2.45, 2.75) is 65.7 Å². The zero-order chi connectivity index (χ0) is 17.3. The highest BCUT2D eigenvalue weighted by molar-refractivity contribution is 6.04. The maximum absolute atomic E-state index is 11.9. The largest absolute Gasteiger partial charge is 0.507 e. The van der Waals surface area contributed by atoms with Gasteiger partial charge in [0.2, 0.25) is 11.5 Å². The summed E-state index contributed by atoms with van der Waals surface area (Å²) in [4.78, 5) is 11.9. The van der Waals surface area contributed by atoms with Crippen LogP contribution in [0.4, 0.5) is 0 Å². The van der Waals surface area contributed by atoms with Gasteiger partial charge >= 0.3 is 0 Å². The van der Waals surface area contributed by atoms with E-state index in [-0.39, 0.29) is 5.76 Å². The number of ketones is 1. The number of aliphatic hydroxyl groups is 2. The van der Waals surface area contributed by atoms with Crippen molar-refractivity contribution in [3.05, 3.63) is 23.2 Å². The highest BCUT2D eigenvalue weighted by atomic mass is 16.3. The van der Waals surface area contributed by atoms with Crippen molar-refractivity contribution in [2.75, 3.05) is 0 Å². The first-order valence-corrected chi connectivity index (χ1v) is 9.72. The van der Waals surface area contributed by atoms with E-state index in [9.17, 15) is 15.0 Å². The van der Waals surface area contributed by atoms with Gasteiger partial charge in [0.15, 0.2) is 0 Å². The van der Waals surface area contributed by atoms with Crippen molar-refractivity contribution < 1.29 is 15.0 Å². The molecule has 4 aliphatic carbocycles. The van der Waals surface area contributed by atoms with E-state index < -0.39 is 17.0 Å². The second kappa shape index (κ2) is 5.12. The molecule has 0 bridgehead atoms. The van der Waals surface area contributed by atoms with Crippen LogP contribution in [-0.4, -0.2) is 16.0 Å². The summed E-state index contributed by atoms with van der Waals surface area (Å²) in [5.74, 6) is 1.60. The molecule has 3 fully saturated rings. The Labute approximate surface area is 144 Å². The lowest BCUT2D eigenvalue weighted by Gasteiger charge is -2.57. The standard InChI is InChI=1S/C21H30O3/c1-4-12-6-8-15-14-7-5-13-11-17(22)18(23)19(24)21(13,3)16(14)9-10-20(12,15)2/h11-12,14-16,23-24H,4-10H2,1-3H3/t12-,14-,15-,16-,20+,21-/m0/s1. The van der Waals surface area contributed by atoms with Crippen LogP contribution in [0.5, 0.6) is 0 Å². The first kappa shape index (κ1) is 16.2. The third-order valence-electron chi connectivity index (χ3n) is 8.54. The van der Waals surface area contributed by atoms with Crippen LogP contribution in [0.1, 0.15) is 65.7 Å². The number of hydrogen-bond acceptors (Lipinski definition) is 3. The molecule has 0 aromatic heterocycles. The third kappa shape index (κ3) is 1.82. The Bertz CT molecular complexity index is 645. The molecule has 3 saturated carbocycles. The van der Waals surface area contributed by atoms with Gasteiger partial charge in [0.05, 0.1) is 5.41 Å². The van der Waals surface area contributed by atoms with Gasteiger partial charge in [-0.1, -0.05) is 25.8 Å². The molecule has 6 atom stereocenters. The Balaban J connectivity index is 1.74. The molecule has 0 saturated heterocycles. The quantitative estimate of drug-likeness (QED) is 0.704. The fourth-order valence-electron chi connectivity index (χ4n) is 7.15. The number of hydrogen-bond donors (Lipinski definition) is 2. The fraction of sp³-hybridized carbons (Fsp3) is 0.762. The summed E-state index contributed by atoms with van der Waals surface area (Å²) < 4.78 is 0. The lowest BCUT2D eigenvalue weighted by Crippen LogP contribution is -2.51. The molecule has 0 amide bonds. The fourth-order valence-corrected chi connectivity index (χ4v) is 7.15. The van der Waals surface area contributed by atoms with E-state index in [1.165, 1.54) is 25.7 Å². The maximum Gasteiger partial charge on any atom is 0.223 e. The molecule has 0 aliphatic heterocycles. The highest BCUT2D eigenvalue weighted by Gasteiger charge is 2.60. The minimum Gasteiger partial charge on any atom is -0.507 e. The van der Waals surface area contributed by atoms with Crippen LogP contribution in [0.2, 0.25) is 0 Å². The number of aliphatic hydroxyl groups excluding tert-OH is 2. The van der Waals surface area contributed by atoms with Crippen molar-refractivity contribution in [1.82, 2.24) is 0 Å². The van der Waals surface area contributed by atoms with Gasteiger partial charge in [-0.25, -0.2) is 0 Å². The van der Waals surface area contributed by atoms with Gasteiger partial charge in [-0.2, -0.15) is 0 Å². The number of rotatable bonds is 1. The summed E-state index contributed by atoms with van der Waals surface area (Å²) in [5, 5.41) is 20.8. The highest BCUT2D eigenvalue weighted by Crippen LogP contribution is 2.67. The predicted molar refractivity (Wildman–Crippen MR) is 93.5 cm³/mol. The van der Waals surface area contributed by atoms with Crippen molar-refractivity contribution in [3.63, 3.8) is 0 Å². The third-order valence-corrected chi connectivity index (χ3v) is 8.54. The van der Waals surface area contributed by atoms with Crippen molar-refractivity contribution in [1.29, 1.82) is 0 Å². The molecule has 0 aromatic rings. The molecular weight excluding hydrogens is 300 g/mol. The molecule has 132 valence electrons. The molecule has 3 heteroatoms. The molecule has 2 N–H and O–H groups in total. The van der Waals surface area contributed by atoms with E-state index in [1.807, 2.05) is 0 Å². The van der Waals surface area contributed by atoms with E-state index in [2.05, 4.69) is 20.8 Å². The van der Waals surface area contributed by atoms with Crippen LogP contribution in [0, 0.1) is 34.5 Å². The molecule has 3 nitrogen and oxygen atoms in total. The van der Waals surface area contributed by atoms with Gasteiger partial charge in [0.1, 0.15) is 5.76 Å². The summed E-state index contributed by atoms with van der Waals surface area (Å²) >= 11 is 0. The van der Waals surface area contributed by atoms with E-state index in [0.717, 1.165) is 36.7 Å². The number of allylic oxidation sites excluding steroid dienone is 2. The van der Waals surface area contributed by atoms with Crippen LogP contribution in [0.25, 0.3) is 0 Å². The molecule has 0 unspecified atom stereocenters. The zero-order valence-electron chi connectivity index (χ0n) is 15.1. The second-order valence-corrected chi connectivity index (χ2v) is 9.08. The summed E-state index contributed by atoms with van der Waals surface area (Å²) in [6.45, 7) is 6.88. The maximum atomic E-state index is 11.9. The second-order valence-electron chi connectivity index (χ2n) is 9.08. The molecular formula is C21H30O3. The molecule has 0 aromatic carbocycles. The normalized spacial score (nSPS) is 47.8. The lowest BCUT2D eigenvalue weighted by molar-refractivity contribution is -0.115. The van der Waals surface area contributed by atoms with Gasteiger partial charge in [0.25, 0.3) is 0 Å². The molecule has 24 heavy (non-hydrogen) atoms. The van der Waals surface area contributed by atoms with Crippen molar-refractivity contribution >= 4 is 5.78 Å². The van der Waals surface area contributed by atoms with Gasteiger partial charge in [-0.05, 0) is 80.6 Å². The topological polar surface area (TPSA) is 57.5 Å². The van der Waals surface area contributed by atoms with Crippen LogP contribution in [-0.2, 0) is 4.79 Å². The Morgan fingerprint density at radius 2 is 1.88 bits per heavy atom. The van der Waals surface area contributed by atoms with Crippen LogP contribution in [0.15, 0.2) is 23.2 Å². The first-order chi connectivity index (χ1) is 11.3. The molecule has 0 spiro atoms. The monoisotopic (exact) mass is 330 g/mol. The predicted octanol–water partition coefficient (Wildman–Crippen LogP) is 5.09. The van der Waals surface area contributed by atoms with Crippen molar-refractivity contribution in [2.24, 2.45) is 34.5 Å². The summed E-state index contributed by atoms with van der Waals surface area (Å²) in [6, 6.07) is 0. The molecule has 4 rings (SSSR count). The average Bonchev–Trinajstić information content (AvgIpc) is 2.91. The number of carbonyl (C=O) groups is 1. The number of fused-ring (bicyclic) bond motifs is 5. The summed E-state index contributed by atoms with van der Waals surface area (Å²) in [7, 11) is 0. The SMILES string of the molecule is CC[C@H]1CC[C@H]2[C@@H]3CCC4=CC(=O)C(O)=C(O)[C@]4(C)[C@H]3CC[C@]12C. The number of carbonyl (C=O) groups excluding carboxylic acids is 1. The first-order valence-electron chi connectivity index (χ1n) is 9.72. The Morgan fingerprint density at radius 1 is 1.12 bits per heavy atom. The molecule has 0 heterocycles. The van der Waals surface area contributed by atoms with E-state index >= 15 is 0 Å². The Hall–Kier alpha value is -1.25. The Kier molecular flexibility index (Phi) is 3.47. The summed E-state index contributed by atoms with van der Waals surface area (Å²) in [5.41, 5.74) is 0.948. The van der Waals surface area contributed by atoms with E-state index in [4.69, 9.17) is 0 Å². The average molecular weight is 330 g/mol. The molecule has 0 radical (unpaired) electrons. The zero-order valence-corrected chi connectivity index (χ0v) is 15.1. The lowest BCUT2D eigenvalue weighted by atomic mass is 9.47. The van der Waals surface area contributed by atoms with Gasteiger partial charge in [0, 0.05) is 0 Å². The minimum absolute atomic E-state index is 0.0617.